The van der Waals surface area contributed by atoms with Crippen LogP contribution in [0.3, 0.4) is 0 Å². The summed E-state index contributed by atoms with van der Waals surface area (Å²) < 4.78 is 65.4. The molecule has 1 amide bonds. The van der Waals surface area contributed by atoms with Gasteiger partial charge in [-0.25, -0.2) is 8.42 Å². The Kier molecular flexibility index (Phi) is 6.06. The number of sulfonamides is 1. The van der Waals surface area contributed by atoms with Crippen molar-refractivity contribution in [2.75, 3.05) is 4.72 Å². The first-order valence-corrected chi connectivity index (χ1v) is 10.1. The highest BCUT2D eigenvalue weighted by Crippen LogP contribution is 2.31. The zero-order valence-corrected chi connectivity index (χ0v) is 16.2. The molecule has 0 radical (unpaired) electrons. The average Bonchev–Trinajstić information content (AvgIpc) is 2.72. The molecule has 0 spiro atoms. The first-order chi connectivity index (χ1) is 14.1. The highest BCUT2D eigenvalue weighted by Gasteiger charge is 2.30. The van der Waals surface area contributed by atoms with E-state index in [1.807, 2.05) is 0 Å². The Morgan fingerprint density at radius 3 is 2.37 bits per heavy atom. The number of amides is 1. The summed E-state index contributed by atoms with van der Waals surface area (Å²) in [4.78, 5) is 15.9. The van der Waals surface area contributed by atoms with Crippen LogP contribution >= 0.6 is 0 Å². The van der Waals surface area contributed by atoms with Crippen LogP contribution in [0, 0.1) is 0 Å². The molecule has 2 N–H and O–H groups in total. The zero-order valence-electron chi connectivity index (χ0n) is 15.3. The molecule has 0 unspecified atom stereocenters. The largest absolute Gasteiger partial charge is 0.416 e. The molecule has 1 heterocycles. The maximum absolute atomic E-state index is 12.8. The van der Waals surface area contributed by atoms with Crippen molar-refractivity contribution in [2.45, 2.75) is 17.6 Å². The SMILES string of the molecule is O=C(NCc1cccnc1)c1ccc(S(=O)(=O)Nc2cccc(C(F)(F)F)c2)cc1. The number of alkyl halides is 3. The normalized spacial score (nSPS) is 11.7. The summed E-state index contributed by atoms with van der Waals surface area (Å²) >= 11 is 0. The number of hydrogen-bond donors (Lipinski definition) is 2. The number of nitrogens with one attached hydrogen (secondary N) is 2. The number of benzene rings is 2. The van der Waals surface area contributed by atoms with E-state index in [0.29, 0.717) is 6.07 Å². The van der Waals surface area contributed by atoms with Crippen LogP contribution < -0.4 is 10.0 Å². The molecule has 2 aromatic carbocycles. The molecule has 0 fully saturated rings. The van der Waals surface area contributed by atoms with E-state index in [1.165, 1.54) is 30.3 Å². The third-order valence-electron chi connectivity index (χ3n) is 4.04. The summed E-state index contributed by atoms with van der Waals surface area (Å²) in [7, 11) is -4.13. The van der Waals surface area contributed by atoms with Crippen LogP contribution in [0.2, 0.25) is 0 Å². The van der Waals surface area contributed by atoms with E-state index in [4.69, 9.17) is 0 Å². The standard InChI is InChI=1S/C20H16F3N3O3S/c21-20(22,23)16-4-1-5-17(11-16)26-30(28,29)18-8-6-15(7-9-18)19(27)25-13-14-3-2-10-24-12-14/h1-12,26H,13H2,(H,25,27). The number of carbonyl (C=O) groups is 1. The van der Waals surface area contributed by atoms with Gasteiger partial charge in [0, 0.05) is 30.2 Å². The third-order valence-corrected chi connectivity index (χ3v) is 5.44. The van der Waals surface area contributed by atoms with Gasteiger partial charge >= 0.3 is 6.18 Å². The summed E-state index contributed by atoms with van der Waals surface area (Å²) in [5.41, 5.74) is -0.154. The van der Waals surface area contributed by atoms with Crippen LogP contribution in [0.15, 0.2) is 78.0 Å². The lowest BCUT2D eigenvalue weighted by molar-refractivity contribution is -0.137. The van der Waals surface area contributed by atoms with Gasteiger partial charge in [-0.1, -0.05) is 12.1 Å². The lowest BCUT2D eigenvalue weighted by Gasteiger charge is -2.11. The van der Waals surface area contributed by atoms with Gasteiger partial charge in [0.25, 0.3) is 15.9 Å². The van der Waals surface area contributed by atoms with Crippen LogP contribution in [-0.2, 0) is 22.7 Å². The van der Waals surface area contributed by atoms with Gasteiger partial charge in [0.2, 0.25) is 0 Å². The van der Waals surface area contributed by atoms with Gasteiger partial charge in [-0.05, 0) is 54.1 Å². The Balaban J connectivity index is 1.69. The molecule has 6 nitrogen and oxygen atoms in total. The molecule has 0 aliphatic carbocycles. The number of anilines is 1. The monoisotopic (exact) mass is 435 g/mol. The molecule has 30 heavy (non-hydrogen) atoms. The third kappa shape index (κ3) is 5.35. The summed E-state index contributed by atoms with van der Waals surface area (Å²) in [6.45, 7) is 0.254. The van der Waals surface area contributed by atoms with Gasteiger partial charge in [0.15, 0.2) is 0 Å². The highest BCUT2D eigenvalue weighted by atomic mass is 32.2. The number of rotatable bonds is 6. The second-order valence-electron chi connectivity index (χ2n) is 6.25. The molecule has 0 atom stereocenters. The quantitative estimate of drug-likeness (QED) is 0.616. The topological polar surface area (TPSA) is 88.2 Å². The summed E-state index contributed by atoms with van der Waals surface area (Å²) in [5.74, 6) is -0.409. The first kappa shape index (κ1) is 21.3. The second-order valence-corrected chi connectivity index (χ2v) is 7.93. The Hall–Kier alpha value is -3.40. The van der Waals surface area contributed by atoms with Crippen molar-refractivity contribution in [1.29, 1.82) is 0 Å². The Bertz CT molecular complexity index is 1130. The smallest absolute Gasteiger partial charge is 0.348 e. The number of aromatic nitrogens is 1. The molecule has 0 aliphatic heterocycles. The molecule has 10 heteroatoms. The molecule has 0 aliphatic rings. The van der Waals surface area contributed by atoms with E-state index in [2.05, 4.69) is 15.0 Å². The van der Waals surface area contributed by atoms with Crippen molar-refractivity contribution in [3.05, 3.63) is 89.7 Å². The molecule has 0 bridgehead atoms. The summed E-state index contributed by atoms with van der Waals surface area (Å²) in [6, 6.07) is 12.4. The fourth-order valence-corrected chi connectivity index (χ4v) is 3.60. The molecule has 1 aromatic heterocycles. The Labute approximate surface area is 170 Å². The first-order valence-electron chi connectivity index (χ1n) is 8.62. The molecule has 156 valence electrons. The van der Waals surface area contributed by atoms with Gasteiger partial charge in [-0.15, -0.1) is 0 Å². The summed E-state index contributed by atoms with van der Waals surface area (Å²) in [6.07, 6.45) is -1.38. The zero-order chi connectivity index (χ0) is 21.8. The predicted molar refractivity (Wildman–Crippen MR) is 104 cm³/mol. The molecule has 3 aromatic rings. The highest BCUT2D eigenvalue weighted by molar-refractivity contribution is 7.92. The van der Waals surface area contributed by atoms with Gasteiger partial charge < -0.3 is 5.32 Å². The summed E-state index contributed by atoms with van der Waals surface area (Å²) in [5, 5.41) is 2.68. The average molecular weight is 435 g/mol. The van der Waals surface area contributed by atoms with Crippen molar-refractivity contribution in [3.8, 4) is 0 Å². The maximum Gasteiger partial charge on any atom is 0.416 e. The van der Waals surface area contributed by atoms with Gasteiger partial charge in [0.1, 0.15) is 0 Å². The molecule has 3 rings (SSSR count). The molecule has 0 saturated heterocycles. The van der Waals surface area contributed by atoms with Crippen LogP contribution in [0.5, 0.6) is 0 Å². The number of halogens is 3. The molecule has 0 saturated carbocycles. The van der Waals surface area contributed by atoms with Gasteiger partial charge in [0.05, 0.1) is 10.5 Å². The van der Waals surface area contributed by atoms with E-state index >= 15 is 0 Å². The van der Waals surface area contributed by atoms with Gasteiger partial charge in [-0.2, -0.15) is 13.2 Å². The van der Waals surface area contributed by atoms with E-state index in [1.54, 1.807) is 24.5 Å². The van der Waals surface area contributed by atoms with E-state index in [0.717, 1.165) is 17.7 Å². The van der Waals surface area contributed by atoms with E-state index < -0.39 is 27.7 Å². The van der Waals surface area contributed by atoms with Crippen molar-refractivity contribution < 1.29 is 26.4 Å². The minimum absolute atomic E-state index is 0.191. The molecular weight excluding hydrogens is 419 g/mol. The van der Waals surface area contributed by atoms with Crippen LogP contribution in [-0.4, -0.2) is 19.3 Å². The number of nitrogens with zero attached hydrogens (tertiary/aromatic N) is 1. The Morgan fingerprint density at radius 1 is 1.00 bits per heavy atom. The fourth-order valence-electron chi connectivity index (χ4n) is 2.55. The lowest BCUT2D eigenvalue weighted by atomic mass is 10.2. The van der Waals surface area contributed by atoms with Crippen molar-refractivity contribution in [3.63, 3.8) is 0 Å². The second kappa shape index (κ2) is 8.54. The number of carbonyl (C=O) groups excluding carboxylic acids is 1. The minimum Gasteiger partial charge on any atom is -0.348 e. The van der Waals surface area contributed by atoms with Crippen LogP contribution in [0.25, 0.3) is 0 Å². The van der Waals surface area contributed by atoms with E-state index in [9.17, 15) is 26.4 Å². The van der Waals surface area contributed by atoms with Crippen LogP contribution in [0.1, 0.15) is 21.5 Å². The molecular formula is C20H16F3N3O3S. The lowest BCUT2D eigenvalue weighted by Crippen LogP contribution is -2.23. The van der Waals surface area contributed by atoms with E-state index in [-0.39, 0.29) is 22.7 Å². The number of hydrogen-bond acceptors (Lipinski definition) is 4. The number of pyridine rings is 1. The predicted octanol–water partition coefficient (Wildman–Crippen LogP) is 3.83. The van der Waals surface area contributed by atoms with Crippen molar-refractivity contribution in [2.24, 2.45) is 0 Å². The minimum atomic E-state index is -4.59. The van der Waals surface area contributed by atoms with Crippen molar-refractivity contribution in [1.82, 2.24) is 10.3 Å². The van der Waals surface area contributed by atoms with Crippen molar-refractivity contribution >= 4 is 21.6 Å². The van der Waals surface area contributed by atoms with Crippen LogP contribution in [0.4, 0.5) is 18.9 Å². The Morgan fingerprint density at radius 2 is 1.73 bits per heavy atom. The van der Waals surface area contributed by atoms with Gasteiger partial charge in [-0.3, -0.25) is 14.5 Å². The fraction of sp³-hybridized carbons (Fsp3) is 0.100. The maximum atomic E-state index is 12.8.